The topological polar surface area (TPSA) is 57.5 Å². The van der Waals surface area contributed by atoms with Crippen molar-refractivity contribution in [2.45, 2.75) is 39.2 Å². The molecular formula is C21H23Cl6FO3. The third-order valence-electron chi connectivity index (χ3n) is 3.53. The van der Waals surface area contributed by atoms with Crippen LogP contribution in [0.1, 0.15) is 6.92 Å². The standard InChI is InChI=1S/C6H6Cl6.2C6H6O.C3H5FO/c7-1-2(8)4(10)6(12)5(11)3(1)9;2*7-6-4-2-1-3-5-6;1-3(5)2-4/h1-6H;2*1-5,7H;2H2,1H3/t1-,2-,3-,4+,5+,6+;;;. The number of carbonyl (C=O) groups excluding carboxylic acids is 1. The number of rotatable bonds is 1. The number of ketones is 1. The fourth-order valence-corrected chi connectivity index (χ4v) is 4.24. The van der Waals surface area contributed by atoms with E-state index in [4.69, 9.17) is 79.8 Å². The lowest BCUT2D eigenvalue weighted by Crippen LogP contribution is -2.52. The quantitative estimate of drug-likeness (QED) is 0.374. The molecule has 174 valence electrons. The number of benzene rings is 2. The number of halogens is 7. The highest BCUT2D eigenvalue weighted by Gasteiger charge is 2.46. The van der Waals surface area contributed by atoms with Crippen LogP contribution >= 0.6 is 69.6 Å². The van der Waals surface area contributed by atoms with Gasteiger partial charge in [0.25, 0.3) is 0 Å². The molecule has 0 aromatic heterocycles. The first-order valence-electron chi connectivity index (χ1n) is 8.90. The van der Waals surface area contributed by atoms with Gasteiger partial charge in [0, 0.05) is 0 Å². The van der Waals surface area contributed by atoms with Gasteiger partial charge in [0.1, 0.15) is 18.2 Å². The van der Waals surface area contributed by atoms with Crippen LogP contribution in [0.3, 0.4) is 0 Å². The second-order valence-electron chi connectivity index (χ2n) is 6.17. The van der Waals surface area contributed by atoms with Crippen LogP contribution in [-0.4, -0.2) is 54.9 Å². The van der Waals surface area contributed by atoms with Crippen LogP contribution in [0.15, 0.2) is 60.7 Å². The van der Waals surface area contributed by atoms with Crippen molar-refractivity contribution in [1.29, 1.82) is 0 Å². The zero-order valence-electron chi connectivity index (χ0n) is 16.4. The van der Waals surface area contributed by atoms with E-state index in [1.165, 1.54) is 6.92 Å². The lowest BCUT2D eigenvalue weighted by atomic mass is 9.97. The molecular weight excluding hydrogens is 532 g/mol. The summed E-state index contributed by atoms with van der Waals surface area (Å²) in [6.07, 6.45) is 0. The molecule has 2 N–H and O–H groups in total. The second kappa shape index (κ2) is 16.9. The van der Waals surface area contributed by atoms with Crippen LogP contribution in [-0.2, 0) is 4.79 Å². The molecule has 0 bridgehead atoms. The summed E-state index contributed by atoms with van der Waals surface area (Å²) in [5.41, 5.74) is 0. The molecule has 2 aromatic carbocycles. The summed E-state index contributed by atoms with van der Waals surface area (Å²) in [6.45, 7) is 0.375. The Morgan fingerprint density at radius 3 is 0.968 bits per heavy atom. The summed E-state index contributed by atoms with van der Waals surface area (Å²) in [4.78, 5) is 9.44. The molecule has 0 spiro atoms. The molecule has 1 saturated carbocycles. The van der Waals surface area contributed by atoms with E-state index in [9.17, 15) is 9.18 Å². The van der Waals surface area contributed by atoms with Crippen molar-refractivity contribution < 1.29 is 19.4 Å². The van der Waals surface area contributed by atoms with Gasteiger partial charge in [-0.3, -0.25) is 4.79 Å². The minimum Gasteiger partial charge on any atom is -0.508 e. The molecule has 31 heavy (non-hydrogen) atoms. The molecule has 3 rings (SSSR count). The van der Waals surface area contributed by atoms with E-state index < -0.39 is 44.7 Å². The lowest BCUT2D eigenvalue weighted by Gasteiger charge is -2.37. The van der Waals surface area contributed by atoms with Crippen LogP contribution in [0, 0.1) is 0 Å². The van der Waals surface area contributed by atoms with Gasteiger partial charge in [-0.25, -0.2) is 4.39 Å². The molecule has 0 amide bonds. The summed E-state index contributed by atoms with van der Waals surface area (Å²) in [5.74, 6) is 0.231. The molecule has 3 nitrogen and oxygen atoms in total. The number of alkyl halides is 7. The third-order valence-corrected chi connectivity index (χ3v) is 7.56. The second-order valence-corrected chi connectivity index (χ2v) is 9.20. The van der Waals surface area contributed by atoms with E-state index in [0.717, 1.165) is 0 Å². The first kappa shape index (κ1) is 30.4. The van der Waals surface area contributed by atoms with Crippen molar-refractivity contribution in [2.75, 3.05) is 6.67 Å². The van der Waals surface area contributed by atoms with Gasteiger partial charge in [-0.2, -0.15) is 0 Å². The Hall–Kier alpha value is -0.620. The minimum atomic E-state index is -0.833. The van der Waals surface area contributed by atoms with Crippen LogP contribution in [0.2, 0.25) is 0 Å². The zero-order chi connectivity index (χ0) is 24.0. The van der Waals surface area contributed by atoms with Crippen LogP contribution in [0.4, 0.5) is 4.39 Å². The highest BCUT2D eigenvalue weighted by Crippen LogP contribution is 2.39. The molecule has 0 heterocycles. The van der Waals surface area contributed by atoms with Crippen molar-refractivity contribution in [1.82, 2.24) is 0 Å². The molecule has 1 fully saturated rings. The van der Waals surface area contributed by atoms with Gasteiger partial charge in [0.2, 0.25) is 0 Å². The smallest absolute Gasteiger partial charge is 0.160 e. The number of phenolic OH excluding ortho intramolecular Hbond substituents is 2. The number of phenols is 2. The van der Waals surface area contributed by atoms with Gasteiger partial charge < -0.3 is 10.2 Å². The fraction of sp³-hybridized carbons (Fsp3) is 0.381. The first-order chi connectivity index (χ1) is 14.5. The Morgan fingerprint density at radius 2 is 0.871 bits per heavy atom. The maximum Gasteiger partial charge on any atom is 0.160 e. The van der Waals surface area contributed by atoms with Crippen molar-refractivity contribution in [3.05, 3.63) is 60.7 Å². The predicted molar refractivity (Wildman–Crippen MR) is 131 cm³/mol. The zero-order valence-corrected chi connectivity index (χ0v) is 20.9. The molecule has 0 atom stereocenters. The number of hydrogen-bond acceptors (Lipinski definition) is 3. The van der Waals surface area contributed by atoms with Crippen molar-refractivity contribution in [3.8, 4) is 11.5 Å². The van der Waals surface area contributed by atoms with Crippen LogP contribution < -0.4 is 0 Å². The van der Waals surface area contributed by atoms with Crippen LogP contribution in [0.25, 0.3) is 0 Å². The number of hydrogen-bond donors (Lipinski definition) is 2. The molecule has 0 unspecified atom stereocenters. The SMILES string of the molecule is CC(=O)CF.Cl[C@H]1[C@H](Cl)[C@@H](Cl)[C@@H](Cl)[C@H](Cl)[C@H]1Cl.Oc1ccccc1.Oc1ccccc1. The van der Waals surface area contributed by atoms with Gasteiger partial charge >= 0.3 is 0 Å². The lowest BCUT2D eigenvalue weighted by molar-refractivity contribution is -0.117. The van der Waals surface area contributed by atoms with Crippen LogP contribution in [0.5, 0.6) is 11.5 Å². The number of carbonyl (C=O) groups is 1. The Morgan fingerprint density at radius 1 is 0.677 bits per heavy atom. The molecule has 0 radical (unpaired) electrons. The maximum absolute atomic E-state index is 10.8. The minimum absolute atomic E-state index is 0.322. The van der Waals surface area contributed by atoms with Gasteiger partial charge in [-0.05, 0) is 31.2 Å². The van der Waals surface area contributed by atoms with E-state index in [0.29, 0.717) is 11.5 Å². The van der Waals surface area contributed by atoms with Crippen molar-refractivity contribution in [3.63, 3.8) is 0 Å². The monoisotopic (exact) mass is 552 g/mol. The van der Waals surface area contributed by atoms with E-state index in [1.54, 1.807) is 48.5 Å². The summed E-state index contributed by atoms with van der Waals surface area (Å²) in [7, 11) is 0. The average Bonchev–Trinajstić information content (AvgIpc) is 2.77. The number of Topliss-reactive ketones (excluding diaryl/α,β-unsaturated/α-hetero) is 1. The largest absolute Gasteiger partial charge is 0.508 e. The van der Waals surface area contributed by atoms with Crippen molar-refractivity contribution in [2.24, 2.45) is 0 Å². The van der Waals surface area contributed by atoms with Gasteiger partial charge in [0.05, 0.1) is 32.3 Å². The van der Waals surface area contributed by atoms with E-state index in [2.05, 4.69) is 0 Å². The van der Waals surface area contributed by atoms with E-state index >= 15 is 0 Å². The van der Waals surface area contributed by atoms with Gasteiger partial charge in [-0.15, -0.1) is 69.6 Å². The molecule has 1 aliphatic carbocycles. The van der Waals surface area contributed by atoms with Gasteiger partial charge in [-0.1, -0.05) is 36.4 Å². The molecule has 10 heteroatoms. The fourth-order valence-electron chi connectivity index (χ4n) is 1.91. The van der Waals surface area contributed by atoms with E-state index in [-0.39, 0.29) is 0 Å². The number of aromatic hydroxyl groups is 2. The Balaban J connectivity index is 0.000000411. The van der Waals surface area contributed by atoms with Gasteiger partial charge in [0.15, 0.2) is 5.78 Å². The van der Waals surface area contributed by atoms with Crippen molar-refractivity contribution >= 4 is 75.4 Å². The Bertz CT molecular complexity index is 630. The molecule has 1 aliphatic rings. The highest BCUT2D eigenvalue weighted by molar-refractivity contribution is 6.45. The summed E-state index contributed by atoms with van der Waals surface area (Å²) < 4.78 is 10.8. The van der Waals surface area contributed by atoms with E-state index in [1.807, 2.05) is 12.1 Å². The molecule has 0 aliphatic heterocycles. The predicted octanol–water partition coefficient (Wildman–Crippen LogP) is 6.97. The third kappa shape index (κ3) is 12.9. The average molecular weight is 555 g/mol. The summed E-state index contributed by atoms with van der Waals surface area (Å²) in [5, 5.41) is 14.6. The first-order valence-corrected chi connectivity index (χ1v) is 11.5. The molecule has 0 saturated heterocycles. The highest BCUT2D eigenvalue weighted by atomic mass is 35.5. The normalized spacial score (nSPS) is 26.6. The maximum atomic E-state index is 10.8. The Kier molecular flexibility index (Phi) is 16.6. The summed E-state index contributed by atoms with van der Waals surface area (Å²) >= 11 is 35.3. The Labute approximate surface area is 212 Å². The number of para-hydroxylation sites is 2. The molecule has 2 aromatic rings. The summed E-state index contributed by atoms with van der Waals surface area (Å²) in [6, 6.07) is 17.4.